The lowest BCUT2D eigenvalue weighted by molar-refractivity contribution is 0.102. The predicted octanol–water partition coefficient (Wildman–Crippen LogP) is 4.84. The summed E-state index contributed by atoms with van der Waals surface area (Å²) in [5.41, 5.74) is 6.19. The number of nitrogens with one attached hydrogen (secondary N) is 1. The van der Waals surface area contributed by atoms with Gasteiger partial charge in [0.1, 0.15) is 5.69 Å². The number of aryl methyl sites for hydroxylation is 4. The minimum Gasteiger partial charge on any atom is -0.320 e. The van der Waals surface area contributed by atoms with Crippen LogP contribution in [0.1, 0.15) is 39.8 Å². The number of nitrogens with zero attached hydrogens (tertiary/aromatic N) is 2. The van der Waals surface area contributed by atoms with E-state index in [0.29, 0.717) is 12.1 Å². The van der Waals surface area contributed by atoms with E-state index in [9.17, 15) is 4.79 Å². The monoisotopic (exact) mass is 385 g/mol. The average Bonchev–Trinajstić information content (AvgIpc) is 2.89. The summed E-state index contributed by atoms with van der Waals surface area (Å²) >= 11 is 3.55. The Kier molecular flexibility index (Phi) is 4.45. The van der Waals surface area contributed by atoms with E-state index in [1.165, 1.54) is 0 Å². The number of imidazole rings is 1. The highest BCUT2D eigenvalue weighted by Crippen LogP contribution is 2.25. The van der Waals surface area contributed by atoms with Crippen molar-refractivity contribution in [2.45, 2.75) is 34.1 Å². The van der Waals surface area contributed by atoms with Gasteiger partial charge in [0.05, 0.1) is 10.2 Å². The lowest BCUT2D eigenvalue weighted by Crippen LogP contribution is -2.17. The van der Waals surface area contributed by atoms with E-state index in [1.807, 2.05) is 62.6 Å². The molecule has 3 rings (SSSR count). The molecule has 2 heterocycles. The van der Waals surface area contributed by atoms with Gasteiger partial charge in [-0.2, -0.15) is 0 Å². The molecule has 0 aliphatic heterocycles. The molecule has 0 fully saturated rings. The molecular formula is C19H20BrN3O. The first-order valence-corrected chi connectivity index (χ1v) is 8.76. The van der Waals surface area contributed by atoms with Crippen molar-refractivity contribution in [2.75, 3.05) is 5.32 Å². The first-order valence-electron chi connectivity index (χ1n) is 7.97. The molecule has 2 aromatic heterocycles. The number of amides is 1. The van der Waals surface area contributed by atoms with Crippen molar-refractivity contribution in [3.63, 3.8) is 0 Å². The summed E-state index contributed by atoms with van der Waals surface area (Å²) in [6.45, 7) is 8.01. The Balaban J connectivity index is 2.13. The summed E-state index contributed by atoms with van der Waals surface area (Å²) in [6.07, 6.45) is 2.65. The summed E-state index contributed by atoms with van der Waals surface area (Å²) in [6, 6.07) is 8.00. The van der Waals surface area contributed by atoms with Crippen molar-refractivity contribution in [3.8, 4) is 0 Å². The lowest BCUT2D eigenvalue weighted by atomic mass is 10.1. The minimum absolute atomic E-state index is 0.130. The molecule has 5 heteroatoms. The quantitative estimate of drug-likeness (QED) is 0.701. The van der Waals surface area contributed by atoms with Crippen LogP contribution in [0.15, 0.2) is 34.9 Å². The lowest BCUT2D eigenvalue weighted by Gasteiger charge is -2.12. The molecule has 0 aliphatic carbocycles. The maximum absolute atomic E-state index is 13.0. The fourth-order valence-corrected chi connectivity index (χ4v) is 3.59. The number of pyridine rings is 1. The van der Waals surface area contributed by atoms with Gasteiger partial charge in [-0.3, -0.25) is 9.20 Å². The molecule has 0 aliphatic rings. The summed E-state index contributed by atoms with van der Waals surface area (Å²) in [7, 11) is 0. The van der Waals surface area contributed by atoms with Gasteiger partial charge < -0.3 is 5.32 Å². The molecule has 0 unspecified atom stereocenters. The molecule has 24 heavy (non-hydrogen) atoms. The van der Waals surface area contributed by atoms with Gasteiger partial charge >= 0.3 is 0 Å². The number of aromatic nitrogens is 2. The molecule has 0 spiro atoms. The molecular weight excluding hydrogens is 366 g/mol. The Labute approximate surface area is 150 Å². The molecule has 0 bridgehead atoms. The second-order valence-electron chi connectivity index (χ2n) is 6.04. The number of carbonyl (C=O) groups excluding carboxylic acids is 1. The zero-order valence-electron chi connectivity index (χ0n) is 14.3. The summed E-state index contributed by atoms with van der Waals surface area (Å²) in [5.74, 6) is -0.130. The van der Waals surface area contributed by atoms with Crippen molar-refractivity contribution in [1.29, 1.82) is 0 Å². The van der Waals surface area contributed by atoms with Crippen molar-refractivity contribution in [3.05, 3.63) is 63.0 Å². The number of benzene rings is 1. The van der Waals surface area contributed by atoms with Gasteiger partial charge in [-0.15, -0.1) is 0 Å². The van der Waals surface area contributed by atoms with Gasteiger partial charge in [0.15, 0.2) is 5.65 Å². The normalized spacial score (nSPS) is 11.0. The number of hydrogen-bond donors (Lipinski definition) is 1. The second-order valence-corrected chi connectivity index (χ2v) is 6.89. The Morgan fingerprint density at radius 2 is 1.92 bits per heavy atom. The highest BCUT2D eigenvalue weighted by molar-refractivity contribution is 9.10. The second kappa shape index (κ2) is 6.40. The third-order valence-electron chi connectivity index (χ3n) is 4.15. The van der Waals surface area contributed by atoms with Crippen molar-refractivity contribution in [2.24, 2.45) is 0 Å². The largest absolute Gasteiger partial charge is 0.320 e. The number of hydrogen-bond acceptors (Lipinski definition) is 2. The van der Waals surface area contributed by atoms with Gasteiger partial charge in [-0.25, -0.2) is 4.98 Å². The third-order valence-corrected chi connectivity index (χ3v) is 4.74. The van der Waals surface area contributed by atoms with Crippen LogP contribution in [0.5, 0.6) is 0 Å². The fourth-order valence-electron chi connectivity index (χ4n) is 2.95. The minimum atomic E-state index is -0.130. The first-order chi connectivity index (χ1) is 11.4. The van der Waals surface area contributed by atoms with E-state index in [1.54, 1.807) is 0 Å². The fraction of sp³-hybridized carbons (Fsp3) is 0.263. The predicted molar refractivity (Wildman–Crippen MR) is 101 cm³/mol. The van der Waals surface area contributed by atoms with Gasteiger partial charge in [-0.1, -0.05) is 25.1 Å². The first kappa shape index (κ1) is 16.7. The number of carbonyl (C=O) groups is 1. The van der Waals surface area contributed by atoms with E-state index in [0.717, 1.165) is 38.2 Å². The maximum Gasteiger partial charge on any atom is 0.274 e. The van der Waals surface area contributed by atoms with Crippen LogP contribution in [-0.4, -0.2) is 15.3 Å². The number of halogens is 1. The van der Waals surface area contributed by atoms with Crippen LogP contribution in [0.2, 0.25) is 0 Å². The summed E-state index contributed by atoms with van der Waals surface area (Å²) < 4.78 is 2.77. The molecule has 0 radical (unpaired) electrons. The topological polar surface area (TPSA) is 46.4 Å². The van der Waals surface area contributed by atoms with Crippen molar-refractivity contribution in [1.82, 2.24) is 9.38 Å². The van der Waals surface area contributed by atoms with Crippen LogP contribution in [-0.2, 0) is 6.42 Å². The number of rotatable bonds is 3. The Bertz CT molecular complexity index is 923. The molecule has 1 aromatic carbocycles. The molecule has 0 atom stereocenters. The van der Waals surface area contributed by atoms with E-state index >= 15 is 0 Å². The molecule has 4 nitrogen and oxygen atoms in total. The molecule has 124 valence electrons. The Hall–Kier alpha value is -2.14. The van der Waals surface area contributed by atoms with E-state index in [4.69, 9.17) is 0 Å². The Morgan fingerprint density at radius 1 is 1.25 bits per heavy atom. The van der Waals surface area contributed by atoms with Crippen LogP contribution in [0.3, 0.4) is 0 Å². The zero-order chi connectivity index (χ0) is 17.4. The molecule has 0 saturated heterocycles. The Morgan fingerprint density at radius 3 is 2.54 bits per heavy atom. The highest BCUT2D eigenvalue weighted by atomic mass is 79.9. The number of fused-ring (bicyclic) bond motifs is 1. The van der Waals surface area contributed by atoms with E-state index in [2.05, 4.69) is 26.2 Å². The molecule has 3 aromatic rings. The summed E-state index contributed by atoms with van der Waals surface area (Å²) in [4.78, 5) is 17.6. The third kappa shape index (κ3) is 2.84. The molecule has 1 amide bonds. The van der Waals surface area contributed by atoms with Crippen LogP contribution in [0, 0.1) is 20.8 Å². The van der Waals surface area contributed by atoms with Gasteiger partial charge in [0.2, 0.25) is 0 Å². The maximum atomic E-state index is 13.0. The average molecular weight is 386 g/mol. The van der Waals surface area contributed by atoms with Gasteiger partial charge in [-0.05, 0) is 65.9 Å². The number of para-hydroxylation sites is 1. The van der Waals surface area contributed by atoms with Crippen LogP contribution in [0.25, 0.3) is 5.65 Å². The smallest absolute Gasteiger partial charge is 0.274 e. The van der Waals surface area contributed by atoms with Crippen LogP contribution < -0.4 is 5.32 Å². The number of anilines is 1. The van der Waals surface area contributed by atoms with Gasteiger partial charge in [0, 0.05) is 11.9 Å². The standard InChI is InChI=1S/C19H20BrN3O/c1-5-15-17(23-10-11(2)9-14(20)18(23)21-15)19(24)22-16-12(3)7-6-8-13(16)4/h6-10H,5H2,1-4H3,(H,22,24). The van der Waals surface area contributed by atoms with E-state index < -0.39 is 0 Å². The van der Waals surface area contributed by atoms with Crippen LogP contribution >= 0.6 is 15.9 Å². The molecule has 0 saturated carbocycles. The van der Waals surface area contributed by atoms with E-state index in [-0.39, 0.29) is 5.91 Å². The van der Waals surface area contributed by atoms with Gasteiger partial charge in [0.25, 0.3) is 5.91 Å². The molecule has 1 N–H and O–H groups in total. The van der Waals surface area contributed by atoms with Crippen molar-refractivity contribution >= 4 is 33.2 Å². The zero-order valence-corrected chi connectivity index (χ0v) is 15.9. The SMILES string of the molecule is CCc1nc2c(Br)cc(C)cn2c1C(=O)Nc1c(C)cccc1C. The highest BCUT2D eigenvalue weighted by Gasteiger charge is 2.20. The summed E-state index contributed by atoms with van der Waals surface area (Å²) in [5, 5.41) is 3.07. The van der Waals surface area contributed by atoms with Crippen LogP contribution in [0.4, 0.5) is 5.69 Å². The van der Waals surface area contributed by atoms with Crippen molar-refractivity contribution < 1.29 is 4.79 Å².